The highest BCUT2D eigenvalue weighted by Crippen LogP contribution is 2.53. The third-order valence-electron chi connectivity index (χ3n) is 8.24. The Labute approximate surface area is 204 Å². The van der Waals surface area contributed by atoms with Crippen LogP contribution in [-0.4, -0.2) is 35.2 Å². The number of aliphatic hydroxyl groups excluding tert-OH is 1. The fourth-order valence-corrected chi connectivity index (χ4v) is 7.06. The maximum absolute atomic E-state index is 9.47. The molecule has 5 nitrogen and oxygen atoms in total. The third-order valence-corrected chi connectivity index (χ3v) is 8.24. The van der Waals surface area contributed by atoms with Gasteiger partial charge in [0.15, 0.2) is 6.29 Å². The average molecular weight is 465 g/mol. The van der Waals surface area contributed by atoms with Crippen LogP contribution in [0, 0.1) is 16.7 Å². The Morgan fingerprint density at radius 1 is 1.03 bits per heavy atom. The zero-order chi connectivity index (χ0) is 24.1. The number of nitrogens with zero attached hydrogens (tertiary/aromatic N) is 1. The molecule has 5 heteroatoms. The van der Waals surface area contributed by atoms with Crippen molar-refractivity contribution in [2.24, 2.45) is 16.7 Å². The largest absolute Gasteiger partial charge is 0.399 e. The van der Waals surface area contributed by atoms with Crippen molar-refractivity contribution < 1.29 is 14.6 Å². The minimum absolute atomic E-state index is 0.0461. The first-order valence-corrected chi connectivity index (χ1v) is 12.7. The van der Waals surface area contributed by atoms with Crippen LogP contribution in [0.15, 0.2) is 48.5 Å². The molecule has 34 heavy (non-hydrogen) atoms. The van der Waals surface area contributed by atoms with E-state index in [1.807, 2.05) is 36.4 Å². The van der Waals surface area contributed by atoms with Crippen molar-refractivity contribution in [2.75, 3.05) is 18.8 Å². The molecule has 6 unspecified atom stereocenters. The summed E-state index contributed by atoms with van der Waals surface area (Å²) in [5.74, 6) is 0.193. The molecule has 5 rings (SSSR count). The summed E-state index contributed by atoms with van der Waals surface area (Å²) in [7, 11) is 0. The van der Waals surface area contributed by atoms with Crippen LogP contribution in [0.5, 0.6) is 0 Å². The van der Waals surface area contributed by atoms with E-state index in [2.05, 4.69) is 44.7 Å². The van der Waals surface area contributed by atoms with Gasteiger partial charge in [-0.15, -0.1) is 0 Å². The lowest BCUT2D eigenvalue weighted by molar-refractivity contribution is -0.276. The average Bonchev–Trinajstić information content (AvgIpc) is 3.02. The van der Waals surface area contributed by atoms with Crippen molar-refractivity contribution >= 4 is 5.69 Å². The van der Waals surface area contributed by atoms with Crippen molar-refractivity contribution in [3.05, 3.63) is 65.2 Å². The summed E-state index contributed by atoms with van der Waals surface area (Å²) in [6.45, 7) is 11.7. The Morgan fingerprint density at radius 2 is 1.79 bits per heavy atom. The number of likely N-dealkylation sites (tertiary alicyclic amines) is 1. The highest BCUT2D eigenvalue weighted by Gasteiger charge is 2.51. The number of nitrogens with two attached hydrogens (primary N) is 1. The summed E-state index contributed by atoms with van der Waals surface area (Å²) >= 11 is 0. The predicted molar refractivity (Wildman–Crippen MR) is 135 cm³/mol. The number of hydrogen-bond acceptors (Lipinski definition) is 5. The van der Waals surface area contributed by atoms with Crippen molar-refractivity contribution in [3.63, 3.8) is 0 Å². The Balaban J connectivity index is 1.42. The maximum Gasteiger partial charge on any atom is 0.185 e. The number of anilines is 1. The van der Waals surface area contributed by atoms with Crippen molar-refractivity contribution in [1.29, 1.82) is 0 Å². The zero-order valence-corrected chi connectivity index (χ0v) is 21.0. The monoisotopic (exact) mass is 464 g/mol. The lowest BCUT2D eigenvalue weighted by atomic mass is 9.65. The van der Waals surface area contributed by atoms with Gasteiger partial charge in [-0.05, 0) is 53.4 Å². The minimum Gasteiger partial charge on any atom is -0.399 e. The van der Waals surface area contributed by atoms with E-state index in [1.165, 1.54) is 19.3 Å². The molecule has 0 aromatic heterocycles. The predicted octanol–water partition coefficient (Wildman–Crippen LogP) is 5.45. The molecule has 2 saturated heterocycles. The molecule has 3 N–H and O–H groups in total. The van der Waals surface area contributed by atoms with Crippen LogP contribution in [0.1, 0.15) is 76.0 Å². The molecule has 0 amide bonds. The Morgan fingerprint density at radius 3 is 2.50 bits per heavy atom. The molecule has 2 bridgehead atoms. The van der Waals surface area contributed by atoms with E-state index in [1.54, 1.807) is 0 Å². The minimum atomic E-state index is -0.457. The zero-order valence-electron chi connectivity index (χ0n) is 21.0. The fourth-order valence-electron chi connectivity index (χ4n) is 7.06. The molecule has 1 aliphatic carbocycles. The Hall–Kier alpha value is -1.92. The van der Waals surface area contributed by atoms with Gasteiger partial charge in [0.25, 0.3) is 0 Å². The van der Waals surface area contributed by atoms with Crippen LogP contribution in [0.3, 0.4) is 0 Å². The van der Waals surface area contributed by atoms with Gasteiger partial charge in [-0.25, -0.2) is 0 Å². The molecule has 184 valence electrons. The number of rotatable bonds is 5. The molecule has 6 atom stereocenters. The van der Waals surface area contributed by atoms with E-state index in [0.29, 0.717) is 22.6 Å². The normalized spacial score (nSPS) is 35.4. The highest BCUT2D eigenvalue weighted by atomic mass is 16.7. The van der Waals surface area contributed by atoms with Gasteiger partial charge in [-0.1, -0.05) is 64.1 Å². The van der Waals surface area contributed by atoms with Gasteiger partial charge >= 0.3 is 0 Å². The van der Waals surface area contributed by atoms with Gasteiger partial charge in [0.05, 0.1) is 18.8 Å². The highest BCUT2D eigenvalue weighted by molar-refractivity contribution is 5.41. The van der Waals surface area contributed by atoms with E-state index >= 15 is 0 Å². The second kappa shape index (κ2) is 8.94. The number of hydrogen-bond donors (Lipinski definition) is 2. The molecular weight excluding hydrogens is 424 g/mol. The number of nitrogen functional groups attached to an aromatic ring is 1. The van der Waals surface area contributed by atoms with Gasteiger partial charge in [0.2, 0.25) is 0 Å². The quantitative estimate of drug-likeness (QED) is 0.576. The van der Waals surface area contributed by atoms with Crippen molar-refractivity contribution in [2.45, 2.75) is 78.1 Å². The summed E-state index contributed by atoms with van der Waals surface area (Å²) in [5.41, 5.74) is 10.6. The Kier molecular flexibility index (Phi) is 6.26. The third kappa shape index (κ3) is 4.76. The first-order chi connectivity index (χ1) is 16.1. The molecule has 2 aromatic rings. The number of fused-ring (bicyclic) bond motifs is 2. The molecule has 0 spiro atoms. The van der Waals surface area contributed by atoms with Crippen LogP contribution in [0.4, 0.5) is 5.69 Å². The topological polar surface area (TPSA) is 68.0 Å². The summed E-state index contributed by atoms with van der Waals surface area (Å²) in [6.07, 6.45) is 3.34. The summed E-state index contributed by atoms with van der Waals surface area (Å²) in [6, 6.07) is 16.6. The summed E-state index contributed by atoms with van der Waals surface area (Å²) in [5, 5.41) is 9.47. The molecule has 2 aliphatic heterocycles. The van der Waals surface area contributed by atoms with Gasteiger partial charge in [-0.3, -0.25) is 4.90 Å². The van der Waals surface area contributed by atoms with Crippen LogP contribution in [-0.2, 0) is 16.1 Å². The molecule has 2 heterocycles. The summed E-state index contributed by atoms with van der Waals surface area (Å²) < 4.78 is 13.2. The second-order valence-electron chi connectivity index (χ2n) is 12.1. The van der Waals surface area contributed by atoms with Crippen molar-refractivity contribution in [3.8, 4) is 0 Å². The van der Waals surface area contributed by atoms with E-state index in [9.17, 15) is 5.11 Å². The lowest BCUT2D eigenvalue weighted by Gasteiger charge is -2.43. The maximum atomic E-state index is 9.47. The smallest absolute Gasteiger partial charge is 0.185 e. The lowest BCUT2D eigenvalue weighted by Crippen LogP contribution is -2.46. The van der Waals surface area contributed by atoms with Crippen LogP contribution >= 0.6 is 0 Å². The molecule has 0 radical (unpaired) electrons. The van der Waals surface area contributed by atoms with E-state index in [4.69, 9.17) is 15.2 Å². The fraction of sp³-hybridized carbons (Fsp3) is 0.586. The van der Waals surface area contributed by atoms with E-state index in [0.717, 1.165) is 29.8 Å². The number of benzene rings is 2. The van der Waals surface area contributed by atoms with E-state index in [-0.39, 0.29) is 24.7 Å². The first kappa shape index (κ1) is 23.8. The number of ether oxygens (including phenoxy) is 2. The molecule has 1 saturated carbocycles. The molecule has 2 aromatic carbocycles. The van der Waals surface area contributed by atoms with Crippen LogP contribution in [0.2, 0.25) is 0 Å². The molecule has 3 fully saturated rings. The second-order valence-corrected chi connectivity index (χ2v) is 12.1. The van der Waals surface area contributed by atoms with Gasteiger partial charge in [-0.2, -0.15) is 0 Å². The SMILES string of the molecule is CC1C(CN2CC3(C)CC2CC(C)(C)C3)OC(c2cccc(N)c2)OC1c1ccc(CO)cc1. The standard InChI is InChI=1S/C29H40N2O3/c1-19-25(15-31-18-29(4)14-24(31)13-28(2,3)17-29)33-27(22-6-5-7-23(30)12-22)34-26(19)21-10-8-20(16-32)9-11-21/h5-12,19,24-27,32H,13-18,30H2,1-4H3. The first-order valence-electron chi connectivity index (χ1n) is 12.7. The van der Waals surface area contributed by atoms with E-state index < -0.39 is 6.29 Å². The van der Waals surface area contributed by atoms with Gasteiger partial charge < -0.3 is 20.3 Å². The van der Waals surface area contributed by atoms with Crippen LogP contribution in [0.25, 0.3) is 0 Å². The summed E-state index contributed by atoms with van der Waals surface area (Å²) in [4.78, 5) is 2.70. The Bertz CT molecular complexity index is 1010. The van der Waals surface area contributed by atoms with Gasteiger partial charge in [0.1, 0.15) is 0 Å². The number of aliphatic hydroxyl groups is 1. The molecular formula is C29H40N2O3. The van der Waals surface area contributed by atoms with Gasteiger partial charge in [0, 0.05) is 36.3 Å². The van der Waals surface area contributed by atoms with Crippen LogP contribution < -0.4 is 5.73 Å². The van der Waals surface area contributed by atoms with Crippen molar-refractivity contribution in [1.82, 2.24) is 4.90 Å². The molecule has 3 aliphatic rings.